The fraction of sp³-hybridized carbons (Fsp3) is 0. The Labute approximate surface area is 129 Å². The maximum atomic E-state index is 10.2. The second-order valence-electron chi connectivity index (χ2n) is 2.00. The molecule has 0 saturated carbocycles. The number of nitro benzene ring substituents is 2. The zero-order valence-electron chi connectivity index (χ0n) is 7.25. The Morgan fingerprint density at radius 3 is 1.40 bits per heavy atom. The van der Waals surface area contributed by atoms with Crippen LogP contribution in [0.15, 0.2) is 37.4 Å². The fourth-order valence-corrected chi connectivity index (χ4v) is 0.773. The average molecular weight is 236 g/mol. The third-order valence-corrected chi connectivity index (χ3v) is 1.28. The molecule has 7 heteroatoms. The first-order chi connectivity index (χ1) is 6.63. The SMILES string of the molecule is C=C.O=[N+]([O-])c1ccccc1[N+](=O)[O-].[KH]. The number of nitrogens with zero attached hydrogens (tertiary/aromatic N) is 2. The third-order valence-electron chi connectivity index (χ3n) is 1.28. The molecule has 0 radical (unpaired) electrons. The standard InChI is InChI=1S/C6H4N2O4.C2H4.K.H/c9-7(10)5-3-1-2-4-6(5)8(11)12;1-2;;/h1-4H;1-2H2;;. The number of rotatable bonds is 2. The third kappa shape index (κ3) is 5.14. The van der Waals surface area contributed by atoms with E-state index in [1.165, 1.54) is 12.1 Å². The zero-order chi connectivity index (χ0) is 11.1. The van der Waals surface area contributed by atoms with E-state index < -0.39 is 21.2 Å². The first-order valence-electron chi connectivity index (χ1n) is 3.50. The van der Waals surface area contributed by atoms with E-state index >= 15 is 0 Å². The van der Waals surface area contributed by atoms with Crippen LogP contribution in [0.3, 0.4) is 0 Å². The van der Waals surface area contributed by atoms with Crippen molar-refractivity contribution in [2.45, 2.75) is 0 Å². The normalized spacial score (nSPS) is 7.73. The Kier molecular flexibility index (Phi) is 9.73. The molecule has 0 spiro atoms. The van der Waals surface area contributed by atoms with Gasteiger partial charge >= 0.3 is 62.8 Å². The van der Waals surface area contributed by atoms with Crippen molar-refractivity contribution >= 4 is 62.8 Å². The molecule has 0 atom stereocenters. The molecule has 0 bridgehead atoms. The monoisotopic (exact) mass is 236 g/mol. The summed E-state index contributed by atoms with van der Waals surface area (Å²) >= 11 is 0. The summed E-state index contributed by atoms with van der Waals surface area (Å²) in [5, 5.41) is 20.5. The van der Waals surface area contributed by atoms with Crippen LogP contribution < -0.4 is 0 Å². The predicted octanol–water partition coefficient (Wildman–Crippen LogP) is 1.66. The number of hydrogen-bond donors (Lipinski definition) is 0. The molecule has 1 aromatic rings. The first kappa shape index (κ1) is 16.8. The van der Waals surface area contributed by atoms with Gasteiger partial charge in [-0.2, -0.15) is 0 Å². The van der Waals surface area contributed by atoms with Gasteiger partial charge in [-0.05, 0) is 0 Å². The van der Waals surface area contributed by atoms with Crippen LogP contribution in [0.4, 0.5) is 11.4 Å². The molecule has 0 amide bonds. The second kappa shape index (κ2) is 8.68. The molecule has 1 rings (SSSR count). The van der Waals surface area contributed by atoms with E-state index in [1.807, 2.05) is 0 Å². The van der Waals surface area contributed by atoms with Crippen molar-refractivity contribution in [1.82, 2.24) is 0 Å². The minimum atomic E-state index is -0.780. The number of benzene rings is 1. The van der Waals surface area contributed by atoms with Crippen molar-refractivity contribution in [1.29, 1.82) is 0 Å². The van der Waals surface area contributed by atoms with Crippen molar-refractivity contribution < 1.29 is 9.85 Å². The summed E-state index contributed by atoms with van der Waals surface area (Å²) in [7, 11) is 0. The summed E-state index contributed by atoms with van der Waals surface area (Å²) in [5.41, 5.74) is -0.968. The first-order valence-corrected chi connectivity index (χ1v) is 3.50. The van der Waals surface area contributed by atoms with Gasteiger partial charge in [0, 0.05) is 12.1 Å². The summed E-state index contributed by atoms with van der Waals surface area (Å²) in [6.45, 7) is 6.00. The Balaban J connectivity index is 0. The topological polar surface area (TPSA) is 86.3 Å². The van der Waals surface area contributed by atoms with Gasteiger partial charge in [0.05, 0.1) is 9.85 Å². The van der Waals surface area contributed by atoms with Crippen LogP contribution in [-0.2, 0) is 0 Å². The fourth-order valence-electron chi connectivity index (χ4n) is 0.773. The summed E-state index contributed by atoms with van der Waals surface area (Å²) < 4.78 is 0. The molecule has 0 heterocycles. The van der Waals surface area contributed by atoms with Crippen LogP contribution in [0, 0.1) is 20.2 Å². The molecule has 6 nitrogen and oxygen atoms in total. The molecule has 76 valence electrons. The Bertz CT molecular complexity index is 323. The van der Waals surface area contributed by atoms with E-state index in [0.29, 0.717) is 0 Å². The van der Waals surface area contributed by atoms with Gasteiger partial charge in [0.15, 0.2) is 0 Å². The van der Waals surface area contributed by atoms with Crippen LogP contribution in [0.5, 0.6) is 0 Å². The van der Waals surface area contributed by atoms with Gasteiger partial charge in [-0.3, -0.25) is 20.2 Å². The van der Waals surface area contributed by atoms with Gasteiger partial charge in [-0.15, -0.1) is 13.2 Å². The number of nitro groups is 2. The van der Waals surface area contributed by atoms with Gasteiger partial charge in [0.25, 0.3) is 0 Å². The molecular weight excluding hydrogens is 227 g/mol. The van der Waals surface area contributed by atoms with E-state index in [2.05, 4.69) is 13.2 Å². The van der Waals surface area contributed by atoms with Gasteiger partial charge in [0.2, 0.25) is 0 Å². The Morgan fingerprint density at radius 2 is 1.20 bits per heavy atom. The van der Waals surface area contributed by atoms with Gasteiger partial charge in [-0.25, -0.2) is 0 Å². The van der Waals surface area contributed by atoms with Gasteiger partial charge < -0.3 is 0 Å². The van der Waals surface area contributed by atoms with Gasteiger partial charge in [0.1, 0.15) is 0 Å². The average Bonchev–Trinajstić information content (AvgIpc) is 2.20. The molecule has 0 unspecified atom stereocenters. The molecule has 15 heavy (non-hydrogen) atoms. The van der Waals surface area contributed by atoms with Gasteiger partial charge in [-0.1, -0.05) is 12.1 Å². The van der Waals surface area contributed by atoms with E-state index in [0.717, 1.165) is 12.1 Å². The van der Waals surface area contributed by atoms with Crippen molar-refractivity contribution in [2.75, 3.05) is 0 Å². The second-order valence-corrected chi connectivity index (χ2v) is 2.00. The Hall–Kier alpha value is -0.604. The summed E-state index contributed by atoms with van der Waals surface area (Å²) in [6.07, 6.45) is 0. The molecule has 0 N–H and O–H groups in total. The summed E-state index contributed by atoms with van der Waals surface area (Å²) in [5.74, 6) is 0. The van der Waals surface area contributed by atoms with Crippen LogP contribution in [0.2, 0.25) is 0 Å². The van der Waals surface area contributed by atoms with E-state index in [1.54, 1.807) is 0 Å². The van der Waals surface area contributed by atoms with E-state index in [-0.39, 0.29) is 51.4 Å². The Morgan fingerprint density at radius 1 is 0.933 bits per heavy atom. The van der Waals surface area contributed by atoms with E-state index in [4.69, 9.17) is 0 Å². The summed E-state index contributed by atoms with van der Waals surface area (Å²) in [4.78, 5) is 18.9. The van der Waals surface area contributed by atoms with Crippen LogP contribution in [-0.4, -0.2) is 61.2 Å². The molecule has 0 fully saturated rings. The molecule has 0 aliphatic heterocycles. The van der Waals surface area contributed by atoms with Crippen molar-refractivity contribution in [3.8, 4) is 0 Å². The number of hydrogen-bond acceptors (Lipinski definition) is 4. The van der Waals surface area contributed by atoms with Crippen molar-refractivity contribution in [3.63, 3.8) is 0 Å². The predicted molar refractivity (Wildman–Crippen MR) is 58.2 cm³/mol. The molecule has 0 saturated heterocycles. The van der Waals surface area contributed by atoms with E-state index in [9.17, 15) is 20.2 Å². The molecule has 0 aliphatic rings. The van der Waals surface area contributed by atoms with Crippen molar-refractivity contribution in [3.05, 3.63) is 57.7 Å². The van der Waals surface area contributed by atoms with Crippen LogP contribution in [0.1, 0.15) is 0 Å². The minimum absolute atomic E-state index is 0. The maximum absolute atomic E-state index is 10.2. The van der Waals surface area contributed by atoms with Crippen LogP contribution in [0.25, 0.3) is 0 Å². The summed E-state index contributed by atoms with van der Waals surface area (Å²) in [6, 6.07) is 4.95. The zero-order valence-corrected chi connectivity index (χ0v) is 7.25. The molecule has 1 aromatic carbocycles. The molecular formula is C8H9KN2O4. The van der Waals surface area contributed by atoms with Crippen molar-refractivity contribution in [2.24, 2.45) is 0 Å². The molecule has 0 aromatic heterocycles. The quantitative estimate of drug-likeness (QED) is 0.338. The van der Waals surface area contributed by atoms with Crippen LogP contribution >= 0.6 is 0 Å². The molecule has 0 aliphatic carbocycles. The number of para-hydroxylation sites is 2.